The van der Waals surface area contributed by atoms with Gasteiger partial charge in [-0.2, -0.15) is 0 Å². The van der Waals surface area contributed by atoms with Crippen molar-refractivity contribution in [2.24, 2.45) is 0 Å². The molecule has 0 atom stereocenters. The molecule has 0 saturated heterocycles. The maximum Gasteiger partial charge on any atom is 0.326 e. The van der Waals surface area contributed by atoms with Crippen molar-refractivity contribution in [2.75, 3.05) is 26.1 Å². The van der Waals surface area contributed by atoms with Gasteiger partial charge in [-0.05, 0) is 31.2 Å². The van der Waals surface area contributed by atoms with Gasteiger partial charge in [0.05, 0.1) is 31.4 Å². The van der Waals surface area contributed by atoms with Crippen LogP contribution in [0.15, 0.2) is 53.7 Å². The summed E-state index contributed by atoms with van der Waals surface area (Å²) in [6.45, 7) is 2.80. The first-order valence-corrected chi connectivity index (χ1v) is 9.71. The fourth-order valence-corrected chi connectivity index (χ4v) is 3.51. The van der Waals surface area contributed by atoms with E-state index in [1.54, 1.807) is 25.8 Å². The molecule has 0 aliphatic carbocycles. The Bertz CT molecular complexity index is 910. The molecule has 0 unspecified atom stereocenters. The minimum atomic E-state index is -0.271. The van der Waals surface area contributed by atoms with Crippen LogP contribution in [0.3, 0.4) is 0 Å². The molecule has 2 aromatic carbocycles. The van der Waals surface area contributed by atoms with Gasteiger partial charge in [0.25, 0.3) is 0 Å². The molecule has 0 spiro atoms. The Hall–Kier alpha value is -2.67. The van der Waals surface area contributed by atoms with E-state index in [0.717, 1.165) is 16.2 Å². The number of benzene rings is 2. The molecule has 27 heavy (non-hydrogen) atoms. The largest absolute Gasteiger partial charge is 0.493 e. The highest BCUT2D eigenvalue weighted by Gasteiger charge is 2.14. The third-order valence-corrected chi connectivity index (χ3v) is 4.79. The van der Waals surface area contributed by atoms with Gasteiger partial charge < -0.3 is 18.8 Å². The van der Waals surface area contributed by atoms with Crippen molar-refractivity contribution in [3.05, 3.63) is 48.5 Å². The number of carbonyl (C=O) groups is 1. The Kier molecular flexibility index (Phi) is 6.59. The van der Waals surface area contributed by atoms with Crippen LogP contribution in [0.2, 0.25) is 0 Å². The molecular formula is C20H22N2O4S. The number of methoxy groups -OCH3 is 1. The van der Waals surface area contributed by atoms with E-state index >= 15 is 0 Å². The van der Waals surface area contributed by atoms with E-state index in [4.69, 9.17) is 14.2 Å². The van der Waals surface area contributed by atoms with E-state index in [0.29, 0.717) is 30.5 Å². The number of para-hydroxylation sites is 4. The van der Waals surface area contributed by atoms with Crippen molar-refractivity contribution in [3.63, 3.8) is 0 Å². The number of nitrogens with zero attached hydrogens (tertiary/aromatic N) is 2. The Morgan fingerprint density at radius 1 is 1.11 bits per heavy atom. The first-order chi connectivity index (χ1) is 13.2. The molecule has 142 valence electrons. The van der Waals surface area contributed by atoms with E-state index in [-0.39, 0.29) is 12.5 Å². The quantitative estimate of drug-likeness (QED) is 0.317. The second-order valence-corrected chi connectivity index (χ2v) is 6.68. The molecule has 0 N–H and O–H groups in total. The van der Waals surface area contributed by atoms with Crippen LogP contribution in [0.4, 0.5) is 0 Å². The van der Waals surface area contributed by atoms with Crippen LogP contribution in [0.25, 0.3) is 11.0 Å². The summed E-state index contributed by atoms with van der Waals surface area (Å²) in [5.74, 6) is 1.83. The zero-order valence-corrected chi connectivity index (χ0v) is 16.2. The number of aromatic nitrogens is 2. The Morgan fingerprint density at radius 3 is 2.63 bits per heavy atom. The number of hydrogen-bond acceptors (Lipinski definition) is 6. The number of esters is 1. The van der Waals surface area contributed by atoms with Crippen molar-refractivity contribution in [1.29, 1.82) is 0 Å². The standard InChI is InChI=1S/C20H22N2O4S/c1-3-25-19(23)14-22-16-9-5-4-8-15(16)21-20(22)27-13-12-26-18-11-7-6-10-17(18)24-2/h4-11H,3,12-14H2,1-2H3. The van der Waals surface area contributed by atoms with Crippen LogP contribution in [-0.4, -0.2) is 41.6 Å². The molecule has 6 nitrogen and oxygen atoms in total. The van der Waals surface area contributed by atoms with E-state index in [1.807, 2.05) is 53.1 Å². The molecular weight excluding hydrogens is 364 g/mol. The SMILES string of the molecule is CCOC(=O)Cn1c(SCCOc2ccccc2OC)nc2ccccc21. The van der Waals surface area contributed by atoms with Crippen LogP contribution in [0, 0.1) is 0 Å². The summed E-state index contributed by atoms with van der Waals surface area (Å²) in [6, 6.07) is 15.3. The maximum absolute atomic E-state index is 12.0. The van der Waals surface area contributed by atoms with Crippen molar-refractivity contribution < 1.29 is 19.0 Å². The summed E-state index contributed by atoms with van der Waals surface area (Å²) in [7, 11) is 1.62. The molecule has 0 amide bonds. The number of fused-ring (bicyclic) bond motifs is 1. The second-order valence-electron chi connectivity index (χ2n) is 5.62. The summed E-state index contributed by atoms with van der Waals surface area (Å²) in [6.07, 6.45) is 0. The summed E-state index contributed by atoms with van der Waals surface area (Å²) in [5, 5.41) is 0.771. The topological polar surface area (TPSA) is 62.6 Å². The van der Waals surface area contributed by atoms with Gasteiger partial charge in [0.15, 0.2) is 16.7 Å². The number of ether oxygens (including phenoxy) is 3. The van der Waals surface area contributed by atoms with Crippen molar-refractivity contribution in [3.8, 4) is 11.5 Å². The summed E-state index contributed by atoms with van der Waals surface area (Å²) in [5.41, 5.74) is 1.77. The zero-order chi connectivity index (χ0) is 19.1. The Labute approximate surface area is 162 Å². The van der Waals surface area contributed by atoms with Gasteiger partial charge >= 0.3 is 5.97 Å². The fourth-order valence-electron chi connectivity index (χ4n) is 2.67. The molecule has 7 heteroatoms. The normalized spacial score (nSPS) is 10.7. The first kappa shape index (κ1) is 19.1. The number of carbonyl (C=O) groups excluding carboxylic acids is 1. The van der Waals surface area contributed by atoms with Gasteiger partial charge in [-0.3, -0.25) is 4.79 Å². The lowest BCUT2D eigenvalue weighted by molar-refractivity contribution is -0.143. The monoisotopic (exact) mass is 386 g/mol. The van der Waals surface area contributed by atoms with Gasteiger partial charge in [0.2, 0.25) is 0 Å². The minimum Gasteiger partial charge on any atom is -0.493 e. The Morgan fingerprint density at radius 2 is 1.85 bits per heavy atom. The van der Waals surface area contributed by atoms with Crippen molar-refractivity contribution in [2.45, 2.75) is 18.6 Å². The number of imidazole rings is 1. The van der Waals surface area contributed by atoms with Crippen LogP contribution >= 0.6 is 11.8 Å². The lowest BCUT2D eigenvalue weighted by atomic mass is 10.3. The first-order valence-electron chi connectivity index (χ1n) is 8.72. The molecule has 1 aromatic heterocycles. The highest BCUT2D eigenvalue weighted by molar-refractivity contribution is 7.99. The van der Waals surface area contributed by atoms with Gasteiger partial charge in [-0.1, -0.05) is 36.0 Å². The minimum absolute atomic E-state index is 0.143. The fraction of sp³-hybridized carbons (Fsp3) is 0.300. The van der Waals surface area contributed by atoms with Crippen LogP contribution in [-0.2, 0) is 16.1 Å². The van der Waals surface area contributed by atoms with E-state index in [2.05, 4.69) is 4.98 Å². The molecule has 0 aliphatic heterocycles. The molecule has 1 heterocycles. The molecule has 0 aliphatic rings. The summed E-state index contributed by atoms with van der Waals surface area (Å²) in [4.78, 5) is 16.6. The lowest BCUT2D eigenvalue weighted by Crippen LogP contribution is -2.14. The predicted octanol–water partition coefficient (Wildman–Crippen LogP) is 3.78. The lowest BCUT2D eigenvalue weighted by Gasteiger charge is -2.11. The third kappa shape index (κ3) is 4.74. The third-order valence-electron chi connectivity index (χ3n) is 3.85. The number of hydrogen-bond donors (Lipinski definition) is 0. The number of rotatable bonds is 9. The van der Waals surface area contributed by atoms with Gasteiger partial charge in [-0.25, -0.2) is 4.98 Å². The smallest absolute Gasteiger partial charge is 0.326 e. The van der Waals surface area contributed by atoms with E-state index in [9.17, 15) is 4.79 Å². The average molecular weight is 386 g/mol. The molecule has 3 aromatic rings. The second kappa shape index (κ2) is 9.32. The van der Waals surface area contributed by atoms with Gasteiger partial charge in [0.1, 0.15) is 6.54 Å². The highest BCUT2D eigenvalue weighted by Crippen LogP contribution is 2.27. The molecule has 0 fully saturated rings. The van der Waals surface area contributed by atoms with Crippen molar-refractivity contribution >= 4 is 28.8 Å². The predicted molar refractivity (Wildman–Crippen MR) is 106 cm³/mol. The van der Waals surface area contributed by atoms with Gasteiger partial charge in [-0.15, -0.1) is 0 Å². The number of thioether (sulfide) groups is 1. The molecule has 0 saturated carbocycles. The molecule has 0 bridgehead atoms. The van der Waals surface area contributed by atoms with Crippen LogP contribution in [0.5, 0.6) is 11.5 Å². The van der Waals surface area contributed by atoms with Gasteiger partial charge in [0, 0.05) is 5.75 Å². The molecule has 3 rings (SSSR count). The zero-order valence-electron chi connectivity index (χ0n) is 15.4. The maximum atomic E-state index is 12.0. The van der Waals surface area contributed by atoms with E-state index in [1.165, 1.54) is 0 Å². The Balaban J connectivity index is 1.68. The van der Waals surface area contributed by atoms with Crippen LogP contribution in [0.1, 0.15) is 6.92 Å². The average Bonchev–Trinajstić information content (AvgIpc) is 3.03. The highest BCUT2D eigenvalue weighted by atomic mass is 32.2. The summed E-state index contributed by atoms with van der Waals surface area (Å²) < 4.78 is 18.1. The summed E-state index contributed by atoms with van der Waals surface area (Å²) >= 11 is 1.54. The van der Waals surface area contributed by atoms with Crippen LogP contribution < -0.4 is 9.47 Å². The van der Waals surface area contributed by atoms with Crippen molar-refractivity contribution in [1.82, 2.24) is 9.55 Å². The molecule has 0 radical (unpaired) electrons. The van der Waals surface area contributed by atoms with E-state index < -0.39 is 0 Å².